The van der Waals surface area contributed by atoms with Crippen LogP contribution in [0.5, 0.6) is 0 Å². The molecule has 26 heavy (non-hydrogen) atoms. The van der Waals surface area contributed by atoms with Gasteiger partial charge < -0.3 is 11.1 Å². The molecule has 1 heterocycles. The third kappa shape index (κ3) is 3.54. The Hall–Kier alpha value is -3.67. The van der Waals surface area contributed by atoms with E-state index in [9.17, 15) is 9.59 Å². The van der Waals surface area contributed by atoms with Crippen LogP contribution >= 0.6 is 0 Å². The van der Waals surface area contributed by atoms with Gasteiger partial charge >= 0.3 is 0 Å². The number of hydrogen-bond donors (Lipinski definition) is 2. The van der Waals surface area contributed by atoms with Crippen molar-refractivity contribution in [2.45, 2.75) is 6.92 Å². The molecule has 0 unspecified atom stereocenters. The lowest BCUT2D eigenvalue weighted by Gasteiger charge is -2.06. The molecular formula is C20H18N4O2. The number of carbonyl (C=O) groups excluding carboxylic acids is 2. The number of carbonyl (C=O) groups is 2. The quantitative estimate of drug-likeness (QED) is 0.696. The van der Waals surface area contributed by atoms with Crippen molar-refractivity contribution >= 4 is 17.5 Å². The lowest BCUT2D eigenvalue weighted by Crippen LogP contribution is -2.11. The fraction of sp³-hybridized carbons (Fsp3) is 0.0500. The number of nitrogens with two attached hydrogens (primary N) is 1. The predicted molar refractivity (Wildman–Crippen MR) is 101 cm³/mol. The van der Waals surface area contributed by atoms with Crippen LogP contribution in [-0.2, 0) is 4.79 Å². The average Bonchev–Trinajstić information content (AvgIpc) is 3.08. The van der Waals surface area contributed by atoms with Crippen molar-refractivity contribution in [3.05, 3.63) is 78.5 Å². The first-order chi connectivity index (χ1) is 12.5. The SMILES string of the molecule is C=CC(=O)Nc1cccc(-n2cc(C(N)=O)c(-c3ccc(C)cc3)n2)c1. The molecule has 0 aliphatic carbocycles. The molecule has 0 atom stereocenters. The molecule has 0 saturated heterocycles. The van der Waals surface area contributed by atoms with E-state index in [2.05, 4.69) is 17.0 Å². The maximum absolute atomic E-state index is 11.9. The van der Waals surface area contributed by atoms with Crippen LogP contribution in [0.1, 0.15) is 15.9 Å². The maximum atomic E-state index is 11.9. The topological polar surface area (TPSA) is 90.0 Å². The second kappa shape index (κ2) is 7.06. The maximum Gasteiger partial charge on any atom is 0.252 e. The molecule has 1 aromatic heterocycles. The van der Waals surface area contributed by atoms with Crippen molar-refractivity contribution in [2.24, 2.45) is 5.73 Å². The van der Waals surface area contributed by atoms with E-state index >= 15 is 0 Å². The van der Waals surface area contributed by atoms with Crippen molar-refractivity contribution in [1.82, 2.24) is 9.78 Å². The first-order valence-electron chi connectivity index (χ1n) is 7.98. The van der Waals surface area contributed by atoms with Gasteiger partial charge in [-0.25, -0.2) is 4.68 Å². The summed E-state index contributed by atoms with van der Waals surface area (Å²) in [7, 11) is 0. The molecule has 0 spiro atoms. The zero-order valence-electron chi connectivity index (χ0n) is 14.3. The van der Waals surface area contributed by atoms with Crippen LogP contribution in [0.2, 0.25) is 0 Å². The number of rotatable bonds is 5. The Bertz CT molecular complexity index is 987. The highest BCUT2D eigenvalue weighted by Gasteiger charge is 2.16. The van der Waals surface area contributed by atoms with Gasteiger partial charge in [-0.1, -0.05) is 42.5 Å². The standard InChI is InChI=1S/C20H18N4O2/c1-3-18(25)22-15-5-4-6-16(11-15)24-12-17(20(21)26)19(23-24)14-9-7-13(2)8-10-14/h3-12H,1H2,2H3,(H2,21,26)(H,22,25). The second-order valence-electron chi connectivity index (χ2n) is 5.81. The van der Waals surface area contributed by atoms with Gasteiger partial charge in [0.15, 0.2) is 0 Å². The van der Waals surface area contributed by atoms with Crippen LogP contribution in [0.25, 0.3) is 16.9 Å². The normalized spacial score (nSPS) is 10.3. The fourth-order valence-electron chi connectivity index (χ4n) is 2.53. The molecule has 2 amide bonds. The molecule has 0 radical (unpaired) electrons. The minimum Gasteiger partial charge on any atom is -0.365 e. The van der Waals surface area contributed by atoms with Crippen molar-refractivity contribution in [3.8, 4) is 16.9 Å². The van der Waals surface area contributed by atoms with Gasteiger partial charge in [-0.05, 0) is 31.2 Å². The van der Waals surface area contributed by atoms with Crippen LogP contribution < -0.4 is 11.1 Å². The van der Waals surface area contributed by atoms with Gasteiger partial charge in [0, 0.05) is 17.4 Å². The minimum absolute atomic E-state index is 0.305. The molecule has 0 fully saturated rings. The van der Waals surface area contributed by atoms with Gasteiger partial charge in [0.2, 0.25) is 5.91 Å². The van der Waals surface area contributed by atoms with E-state index < -0.39 is 5.91 Å². The lowest BCUT2D eigenvalue weighted by molar-refractivity contribution is -0.111. The van der Waals surface area contributed by atoms with Crippen LogP contribution in [0, 0.1) is 6.92 Å². The molecule has 0 aliphatic rings. The number of benzene rings is 2. The van der Waals surface area contributed by atoms with E-state index in [1.165, 1.54) is 6.08 Å². The van der Waals surface area contributed by atoms with Crippen molar-refractivity contribution in [3.63, 3.8) is 0 Å². The molecule has 3 rings (SSSR count). The minimum atomic E-state index is -0.553. The Kier molecular flexibility index (Phi) is 4.66. The molecule has 6 nitrogen and oxygen atoms in total. The van der Waals surface area contributed by atoms with Crippen LogP contribution in [-0.4, -0.2) is 21.6 Å². The molecule has 0 aliphatic heterocycles. The van der Waals surface area contributed by atoms with E-state index in [0.717, 1.165) is 11.1 Å². The van der Waals surface area contributed by atoms with Crippen LogP contribution in [0.4, 0.5) is 5.69 Å². The molecular weight excluding hydrogens is 328 g/mol. The Morgan fingerprint density at radius 3 is 2.58 bits per heavy atom. The predicted octanol–water partition coefficient (Wildman–Crippen LogP) is 3.07. The highest BCUT2D eigenvalue weighted by atomic mass is 16.1. The summed E-state index contributed by atoms with van der Waals surface area (Å²) in [5, 5.41) is 7.22. The van der Waals surface area contributed by atoms with E-state index in [1.54, 1.807) is 29.1 Å². The summed E-state index contributed by atoms with van der Waals surface area (Å²) >= 11 is 0. The molecule has 6 heteroatoms. The Balaban J connectivity index is 2.04. The summed E-state index contributed by atoms with van der Waals surface area (Å²) in [6, 6.07) is 14.8. The molecule has 3 N–H and O–H groups in total. The summed E-state index contributed by atoms with van der Waals surface area (Å²) in [6.07, 6.45) is 2.78. The van der Waals surface area contributed by atoms with Gasteiger partial charge in [-0.15, -0.1) is 0 Å². The Morgan fingerprint density at radius 2 is 1.92 bits per heavy atom. The van der Waals surface area contributed by atoms with E-state index in [0.29, 0.717) is 22.6 Å². The lowest BCUT2D eigenvalue weighted by atomic mass is 10.1. The smallest absolute Gasteiger partial charge is 0.252 e. The van der Waals surface area contributed by atoms with Crippen LogP contribution in [0.15, 0.2) is 67.4 Å². The summed E-state index contributed by atoms with van der Waals surface area (Å²) < 4.78 is 1.57. The van der Waals surface area contributed by atoms with Crippen molar-refractivity contribution in [1.29, 1.82) is 0 Å². The number of nitrogens with one attached hydrogen (secondary N) is 1. The van der Waals surface area contributed by atoms with Gasteiger partial charge in [-0.2, -0.15) is 5.10 Å². The summed E-state index contributed by atoms with van der Waals surface area (Å²) in [5.74, 6) is -0.858. The Morgan fingerprint density at radius 1 is 1.19 bits per heavy atom. The average molecular weight is 346 g/mol. The number of hydrogen-bond acceptors (Lipinski definition) is 3. The molecule has 0 bridgehead atoms. The number of primary amides is 1. The Labute approximate surface area is 151 Å². The summed E-state index contributed by atoms with van der Waals surface area (Å²) in [6.45, 7) is 5.42. The fourth-order valence-corrected chi connectivity index (χ4v) is 2.53. The number of nitrogens with zero attached hydrogens (tertiary/aromatic N) is 2. The van der Waals surface area contributed by atoms with Gasteiger partial charge in [-0.3, -0.25) is 9.59 Å². The third-order valence-electron chi connectivity index (χ3n) is 3.87. The number of anilines is 1. The molecule has 0 saturated carbocycles. The largest absolute Gasteiger partial charge is 0.365 e. The number of aryl methyl sites for hydroxylation is 1. The zero-order valence-corrected chi connectivity index (χ0v) is 14.3. The monoisotopic (exact) mass is 346 g/mol. The molecule has 130 valence electrons. The van der Waals surface area contributed by atoms with E-state index in [-0.39, 0.29) is 5.91 Å². The first-order valence-corrected chi connectivity index (χ1v) is 7.98. The van der Waals surface area contributed by atoms with Gasteiger partial charge in [0.05, 0.1) is 11.3 Å². The van der Waals surface area contributed by atoms with E-state index in [4.69, 9.17) is 5.73 Å². The highest BCUT2D eigenvalue weighted by molar-refractivity contribution is 5.99. The number of amides is 2. The second-order valence-corrected chi connectivity index (χ2v) is 5.81. The van der Waals surface area contributed by atoms with E-state index in [1.807, 2.05) is 37.3 Å². The molecule has 2 aromatic carbocycles. The molecule has 3 aromatic rings. The van der Waals surface area contributed by atoms with Gasteiger partial charge in [0.25, 0.3) is 5.91 Å². The summed E-state index contributed by atoms with van der Waals surface area (Å²) in [4.78, 5) is 23.3. The van der Waals surface area contributed by atoms with Gasteiger partial charge in [0.1, 0.15) is 5.69 Å². The third-order valence-corrected chi connectivity index (χ3v) is 3.87. The van der Waals surface area contributed by atoms with Crippen molar-refractivity contribution < 1.29 is 9.59 Å². The number of aromatic nitrogens is 2. The first kappa shape index (κ1) is 17.2. The van der Waals surface area contributed by atoms with Crippen LogP contribution in [0.3, 0.4) is 0 Å². The van der Waals surface area contributed by atoms with Crippen molar-refractivity contribution in [2.75, 3.05) is 5.32 Å². The zero-order chi connectivity index (χ0) is 18.7. The highest BCUT2D eigenvalue weighted by Crippen LogP contribution is 2.24. The summed E-state index contributed by atoms with van der Waals surface area (Å²) in [5.41, 5.74) is 9.57.